The molecule has 4 aromatic heterocycles. The second-order valence-corrected chi connectivity index (χ2v) is 7.50. The van der Waals surface area contributed by atoms with E-state index in [0.717, 1.165) is 44.9 Å². The Bertz CT molecular complexity index is 1510. The summed E-state index contributed by atoms with van der Waals surface area (Å²) in [5, 5.41) is 10.8. The molecule has 0 unspecified atom stereocenters. The zero-order valence-electron chi connectivity index (χ0n) is 16.8. The molecule has 0 fully saturated rings. The van der Waals surface area contributed by atoms with Crippen LogP contribution in [0.5, 0.6) is 0 Å². The van der Waals surface area contributed by atoms with Crippen molar-refractivity contribution in [1.29, 1.82) is 0 Å². The van der Waals surface area contributed by atoms with E-state index in [-0.39, 0.29) is 0 Å². The van der Waals surface area contributed by atoms with Crippen molar-refractivity contribution in [3.8, 4) is 28.2 Å². The van der Waals surface area contributed by atoms with Gasteiger partial charge >= 0.3 is 0 Å². The summed E-state index contributed by atoms with van der Waals surface area (Å²) in [5.41, 5.74) is 7.53. The number of fused-ring (bicyclic) bond motifs is 3. The molecule has 31 heavy (non-hydrogen) atoms. The lowest BCUT2D eigenvalue weighted by Gasteiger charge is -2.04. The van der Waals surface area contributed by atoms with Crippen molar-refractivity contribution in [3.05, 3.63) is 97.0 Å². The van der Waals surface area contributed by atoms with E-state index in [9.17, 15) is 0 Å². The Morgan fingerprint density at radius 2 is 1.61 bits per heavy atom. The third-order valence-corrected chi connectivity index (χ3v) is 5.40. The molecule has 0 radical (unpaired) electrons. The number of hydrogen-bond donors (Lipinski definition) is 0. The van der Waals surface area contributed by atoms with Gasteiger partial charge in [-0.2, -0.15) is 14.7 Å². The van der Waals surface area contributed by atoms with Gasteiger partial charge in [-0.1, -0.05) is 48.0 Å². The van der Waals surface area contributed by atoms with Gasteiger partial charge in [0.1, 0.15) is 5.69 Å². The summed E-state index contributed by atoms with van der Waals surface area (Å²) in [6, 6.07) is 24.4. The van der Waals surface area contributed by atoms with Gasteiger partial charge in [-0.15, -0.1) is 0 Å². The minimum atomic E-state index is 0.776. The summed E-state index contributed by atoms with van der Waals surface area (Å²) < 4.78 is 3.81. The third-order valence-electron chi connectivity index (χ3n) is 5.40. The summed E-state index contributed by atoms with van der Waals surface area (Å²) in [6.07, 6.45) is 5.46. The fraction of sp³-hybridized carbons (Fsp3) is 0.0400. The van der Waals surface area contributed by atoms with Gasteiger partial charge in [-0.05, 0) is 31.2 Å². The molecular formula is C25H18N6. The van der Waals surface area contributed by atoms with Crippen LogP contribution in [0.2, 0.25) is 0 Å². The molecule has 0 atom stereocenters. The van der Waals surface area contributed by atoms with Crippen LogP contribution in [0.15, 0.2) is 91.4 Å². The van der Waals surface area contributed by atoms with Crippen molar-refractivity contribution in [2.45, 2.75) is 6.92 Å². The number of nitrogens with zero attached hydrogens (tertiary/aromatic N) is 6. The van der Waals surface area contributed by atoms with Crippen LogP contribution >= 0.6 is 0 Å². The smallest absolute Gasteiger partial charge is 0.169 e. The highest BCUT2D eigenvalue weighted by molar-refractivity contribution is 5.93. The molecule has 0 N–H and O–H groups in total. The average Bonchev–Trinajstić information content (AvgIpc) is 3.42. The SMILES string of the molecule is Cc1ccc(-c2cc3ncc4c(-c5cccnc5)nn(-c5ccccc5)c4n3n2)cc1. The molecule has 6 heteroatoms. The molecule has 0 bridgehead atoms. The number of aryl methyl sites for hydroxylation is 1. The maximum atomic E-state index is 4.95. The number of hydrogen-bond acceptors (Lipinski definition) is 4. The van der Waals surface area contributed by atoms with Gasteiger partial charge in [0.15, 0.2) is 11.3 Å². The molecule has 0 saturated heterocycles. The van der Waals surface area contributed by atoms with Crippen LogP contribution in [0.4, 0.5) is 0 Å². The Labute approximate surface area is 178 Å². The fourth-order valence-corrected chi connectivity index (χ4v) is 3.82. The molecule has 4 heterocycles. The number of benzene rings is 2. The highest BCUT2D eigenvalue weighted by atomic mass is 15.4. The lowest BCUT2D eigenvalue weighted by Crippen LogP contribution is -2.02. The molecule has 0 aliphatic heterocycles. The van der Waals surface area contributed by atoms with Gasteiger partial charge < -0.3 is 0 Å². The summed E-state index contributed by atoms with van der Waals surface area (Å²) in [5.74, 6) is 0. The topological polar surface area (TPSA) is 60.9 Å². The van der Waals surface area contributed by atoms with Gasteiger partial charge in [-0.3, -0.25) is 4.98 Å². The standard InChI is InChI=1S/C25H18N6/c1-17-9-11-18(12-10-17)22-14-23-27-16-21-24(19-6-5-13-26-15-19)29-30(25(21)31(23)28-22)20-7-3-2-4-8-20/h2-16H,1H3. The first-order valence-corrected chi connectivity index (χ1v) is 10.1. The first-order chi connectivity index (χ1) is 15.3. The lowest BCUT2D eigenvalue weighted by molar-refractivity contribution is 0.859. The number of rotatable bonds is 3. The van der Waals surface area contributed by atoms with Crippen LogP contribution in [0.25, 0.3) is 44.9 Å². The molecule has 0 aliphatic carbocycles. The fourth-order valence-electron chi connectivity index (χ4n) is 3.82. The van der Waals surface area contributed by atoms with E-state index in [2.05, 4.69) is 36.2 Å². The highest BCUT2D eigenvalue weighted by Gasteiger charge is 2.19. The largest absolute Gasteiger partial charge is 0.264 e. The minimum absolute atomic E-state index is 0.776. The van der Waals surface area contributed by atoms with E-state index < -0.39 is 0 Å². The number of pyridine rings is 1. The Balaban J connectivity index is 1.67. The van der Waals surface area contributed by atoms with Crippen LogP contribution in [-0.2, 0) is 0 Å². The Morgan fingerprint density at radius 1 is 0.774 bits per heavy atom. The molecule has 0 spiro atoms. The van der Waals surface area contributed by atoms with Gasteiger partial charge in [0, 0.05) is 35.8 Å². The maximum Gasteiger partial charge on any atom is 0.169 e. The predicted molar refractivity (Wildman–Crippen MR) is 121 cm³/mol. The van der Waals surface area contributed by atoms with Crippen molar-refractivity contribution in [3.63, 3.8) is 0 Å². The molecule has 6 aromatic rings. The zero-order valence-corrected chi connectivity index (χ0v) is 16.8. The third kappa shape index (κ3) is 2.88. The van der Waals surface area contributed by atoms with Gasteiger partial charge in [-0.25, -0.2) is 9.67 Å². The molecular weight excluding hydrogens is 384 g/mol. The van der Waals surface area contributed by atoms with E-state index >= 15 is 0 Å². The first kappa shape index (κ1) is 17.5. The van der Waals surface area contributed by atoms with E-state index in [1.165, 1.54) is 5.56 Å². The van der Waals surface area contributed by atoms with Crippen molar-refractivity contribution < 1.29 is 0 Å². The lowest BCUT2D eigenvalue weighted by atomic mass is 10.1. The van der Waals surface area contributed by atoms with Gasteiger partial charge in [0.05, 0.1) is 16.8 Å². The molecule has 0 amide bonds. The number of aromatic nitrogens is 6. The summed E-state index contributed by atoms with van der Waals surface area (Å²) in [4.78, 5) is 8.96. The average molecular weight is 402 g/mol. The van der Waals surface area contributed by atoms with E-state index in [1.807, 2.05) is 70.1 Å². The van der Waals surface area contributed by atoms with E-state index in [4.69, 9.17) is 15.2 Å². The van der Waals surface area contributed by atoms with E-state index in [1.54, 1.807) is 6.20 Å². The van der Waals surface area contributed by atoms with Crippen molar-refractivity contribution in [2.24, 2.45) is 0 Å². The van der Waals surface area contributed by atoms with Gasteiger partial charge in [0.25, 0.3) is 0 Å². The maximum absolute atomic E-state index is 4.95. The first-order valence-electron chi connectivity index (χ1n) is 10.1. The molecule has 6 rings (SSSR count). The van der Waals surface area contributed by atoms with Crippen LogP contribution in [0.1, 0.15) is 5.56 Å². The van der Waals surface area contributed by atoms with Crippen molar-refractivity contribution >= 4 is 16.7 Å². The predicted octanol–water partition coefficient (Wildman–Crippen LogP) is 5.11. The molecule has 6 nitrogen and oxygen atoms in total. The van der Waals surface area contributed by atoms with Gasteiger partial charge in [0.2, 0.25) is 0 Å². The second-order valence-electron chi connectivity index (χ2n) is 7.50. The quantitative estimate of drug-likeness (QED) is 0.413. The molecule has 2 aromatic carbocycles. The van der Waals surface area contributed by atoms with Crippen LogP contribution < -0.4 is 0 Å². The Kier molecular flexibility index (Phi) is 3.89. The Hall–Kier alpha value is -4.32. The molecule has 0 aliphatic rings. The molecule has 148 valence electrons. The number of para-hydroxylation sites is 1. The van der Waals surface area contributed by atoms with E-state index in [0.29, 0.717) is 0 Å². The van der Waals surface area contributed by atoms with Crippen molar-refractivity contribution in [2.75, 3.05) is 0 Å². The summed E-state index contributed by atoms with van der Waals surface area (Å²) in [7, 11) is 0. The zero-order chi connectivity index (χ0) is 20.8. The Morgan fingerprint density at radius 3 is 2.39 bits per heavy atom. The monoisotopic (exact) mass is 402 g/mol. The minimum Gasteiger partial charge on any atom is -0.264 e. The van der Waals surface area contributed by atoms with Crippen LogP contribution in [-0.4, -0.2) is 29.4 Å². The highest BCUT2D eigenvalue weighted by Crippen LogP contribution is 2.30. The normalized spacial score (nSPS) is 11.4. The second kappa shape index (κ2) is 6.88. The molecule has 0 saturated carbocycles. The summed E-state index contributed by atoms with van der Waals surface area (Å²) >= 11 is 0. The summed E-state index contributed by atoms with van der Waals surface area (Å²) in [6.45, 7) is 2.08. The van der Waals surface area contributed by atoms with Crippen LogP contribution in [0, 0.1) is 6.92 Å². The van der Waals surface area contributed by atoms with Crippen LogP contribution in [0.3, 0.4) is 0 Å². The van der Waals surface area contributed by atoms with Crippen molar-refractivity contribution in [1.82, 2.24) is 29.4 Å².